The van der Waals surface area contributed by atoms with Crippen molar-refractivity contribution in [1.82, 2.24) is 0 Å². The van der Waals surface area contributed by atoms with E-state index in [-0.39, 0.29) is 0 Å². The first-order valence-electron chi connectivity index (χ1n) is 14.8. The third kappa shape index (κ3) is 4.30. The Kier molecular flexibility index (Phi) is 7.55. The topological polar surface area (TPSA) is 0 Å². The van der Waals surface area contributed by atoms with E-state index >= 15 is 0 Å². The van der Waals surface area contributed by atoms with Crippen molar-refractivity contribution in [2.75, 3.05) is 0 Å². The van der Waals surface area contributed by atoms with Crippen LogP contribution in [0.1, 0.15) is 138 Å². The van der Waals surface area contributed by atoms with Crippen molar-refractivity contribution in [3.05, 3.63) is 0 Å². The summed E-state index contributed by atoms with van der Waals surface area (Å²) in [5.74, 6) is 8.11. The second-order valence-corrected chi connectivity index (χ2v) is 13.6. The molecule has 0 spiro atoms. The van der Waals surface area contributed by atoms with Crippen LogP contribution < -0.4 is 0 Å². The molecule has 4 aliphatic rings. The number of rotatable bonds is 8. The van der Waals surface area contributed by atoms with Crippen molar-refractivity contribution in [3.8, 4) is 0 Å². The van der Waals surface area contributed by atoms with Gasteiger partial charge in [-0.2, -0.15) is 0 Å². The van der Waals surface area contributed by atoms with Gasteiger partial charge in [0.05, 0.1) is 0 Å². The highest BCUT2D eigenvalue weighted by Crippen LogP contribution is 2.68. The maximum atomic E-state index is 2.77. The van der Waals surface area contributed by atoms with E-state index in [1.165, 1.54) is 44.9 Å². The maximum Gasteiger partial charge on any atom is -0.0264 e. The Labute approximate surface area is 196 Å². The van der Waals surface area contributed by atoms with Crippen LogP contribution >= 0.6 is 0 Å². The van der Waals surface area contributed by atoms with Crippen LogP contribution in [0.5, 0.6) is 0 Å². The Morgan fingerprint density at radius 1 is 0.742 bits per heavy atom. The van der Waals surface area contributed by atoms with Gasteiger partial charge in [0, 0.05) is 0 Å². The third-order valence-electron chi connectivity index (χ3n) is 12.5. The molecule has 0 heterocycles. The molecule has 0 aromatic heterocycles. The molecule has 0 radical (unpaired) electrons. The second-order valence-electron chi connectivity index (χ2n) is 13.6. The van der Waals surface area contributed by atoms with Crippen LogP contribution in [0.25, 0.3) is 0 Å². The molecule has 4 rings (SSSR count). The Bertz CT molecular complexity index is 575. The van der Waals surface area contributed by atoms with E-state index in [0.717, 1.165) is 47.3 Å². The molecule has 4 aliphatic carbocycles. The zero-order valence-electron chi connectivity index (χ0n) is 22.2. The van der Waals surface area contributed by atoms with Crippen molar-refractivity contribution in [3.63, 3.8) is 0 Å². The van der Waals surface area contributed by atoms with E-state index in [0.29, 0.717) is 10.8 Å². The molecule has 180 valence electrons. The summed E-state index contributed by atoms with van der Waals surface area (Å²) in [5.41, 5.74) is 1.37. The minimum absolute atomic E-state index is 0.666. The molecule has 31 heavy (non-hydrogen) atoms. The molecule has 0 aliphatic heterocycles. The summed E-state index contributed by atoms with van der Waals surface area (Å²) in [4.78, 5) is 0. The zero-order chi connectivity index (χ0) is 22.2. The van der Waals surface area contributed by atoms with Gasteiger partial charge in [0.15, 0.2) is 0 Å². The molecule has 0 aromatic carbocycles. The third-order valence-corrected chi connectivity index (χ3v) is 12.5. The first kappa shape index (κ1) is 24.1. The SMILES string of the molecule is CCC(CC)C(C)CCC[C@@H](C)[C@H]1CC[C@H]2[C@@H]3CCC4CCCC[C@]4(C)[C@H]3CC[C@]12C. The highest BCUT2D eigenvalue weighted by atomic mass is 14.6. The Balaban J connectivity index is 1.37. The minimum Gasteiger partial charge on any atom is -0.0651 e. The summed E-state index contributed by atoms with van der Waals surface area (Å²) in [6, 6.07) is 0. The molecule has 0 N–H and O–H groups in total. The standard InChI is InChI=1S/C31H56/c1-7-24(8-2)22(3)12-11-13-23(4)27-17-18-28-26-16-15-25-14-9-10-20-30(25,5)29(26)19-21-31(27,28)6/h22-29H,7-21H2,1-6H3/t22?,23-,25?,26+,27-,28+,29+,30+,31-/m1/s1. The highest BCUT2D eigenvalue weighted by molar-refractivity contribution is 5.09. The quantitative estimate of drug-likeness (QED) is 0.361. The molecule has 0 aromatic rings. The lowest BCUT2D eigenvalue weighted by atomic mass is 9.44. The summed E-state index contributed by atoms with van der Waals surface area (Å²) in [6.45, 7) is 15.5. The summed E-state index contributed by atoms with van der Waals surface area (Å²) in [7, 11) is 0. The maximum absolute atomic E-state index is 2.77. The van der Waals surface area contributed by atoms with Gasteiger partial charge < -0.3 is 0 Å². The average Bonchev–Trinajstić information content (AvgIpc) is 3.11. The van der Waals surface area contributed by atoms with E-state index in [4.69, 9.17) is 0 Å². The van der Waals surface area contributed by atoms with Crippen LogP contribution in [-0.2, 0) is 0 Å². The largest absolute Gasteiger partial charge is 0.0651 e. The Hall–Kier alpha value is 0. The van der Waals surface area contributed by atoms with Crippen molar-refractivity contribution in [2.24, 2.45) is 58.2 Å². The lowest BCUT2D eigenvalue weighted by molar-refractivity contribution is -0.114. The van der Waals surface area contributed by atoms with Gasteiger partial charge in [-0.25, -0.2) is 0 Å². The van der Waals surface area contributed by atoms with Crippen molar-refractivity contribution < 1.29 is 0 Å². The molecule has 0 nitrogen and oxygen atoms in total. The van der Waals surface area contributed by atoms with Gasteiger partial charge in [0.25, 0.3) is 0 Å². The van der Waals surface area contributed by atoms with Crippen molar-refractivity contribution in [1.29, 1.82) is 0 Å². The molecule has 0 saturated heterocycles. The number of fused-ring (bicyclic) bond motifs is 5. The first-order valence-corrected chi connectivity index (χ1v) is 14.8. The van der Waals surface area contributed by atoms with Gasteiger partial charge in [-0.05, 0) is 110 Å². The van der Waals surface area contributed by atoms with E-state index in [1.54, 1.807) is 51.4 Å². The van der Waals surface area contributed by atoms with Gasteiger partial charge in [-0.3, -0.25) is 0 Å². The van der Waals surface area contributed by atoms with E-state index in [2.05, 4.69) is 41.5 Å². The molecule has 0 heteroatoms. The van der Waals surface area contributed by atoms with Gasteiger partial charge in [0.2, 0.25) is 0 Å². The Morgan fingerprint density at radius 3 is 2.23 bits per heavy atom. The smallest absolute Gasteiger partial charge is 0.0264 e. The van der Waals surface area contributed by atoms with E-state index in [1.807, 2.05) is 0 Å². The fourth-order valence-corrected chi connectivity index (χ4v) is 10.6. The number of hydrogen-bond donors (Lipinski definition) is 0. The average molecular weight is 429 g/mol. The van der Waals surface area contributed by atoms with Gasteiger partial charge in [0.1, 0.15) is 0 Å². The molecule has 4 fully saturated rings. The van der Waals surface area contributed by atoms with Crippen LogP contribution in [0.15, 0.2) is 0 Å². The molecular formula is C31H56. The van der Waals surface area contributed by atoms with Crippen molar-refractivity contribution >= 4 is 0 Å². The summed E-state index contributed by atoms with van der Waals surface area (Å²) in [5, 5.41) is 0. The van der Waals surface area contributed by atoms with E-state index < -0.39 is 0 Å². The second kappa shape index (κ2) is 9.70. The monoisotopic (exact) mass is 428 g/mol. The fourth-order valence-electron chi connectivity index (χ4n) is 10.6. The fraction of sp³-hybridized carbons (Fsp3) is 1.00. The zero-order valence-corrected chi connectivity index (χ0v) is 22.2. The lowest BCUT2D eigenvalue weighted by Crippen LogP contribution is -2.53. The van der Waals surface area contributed by atoms with Crippen LogP contribution in [-0.4, -0.2) is 0 Å². The normalized spacial score (nSPS) is 44.4. The van der Waals surface area contributed by atoms with Gasteiger partial charge in [-0.1, -0.05) is 86.5 Å². The molecule has 0 amide bonds. The summed E-state index contributed by atoms with van der Waals surface area (Å²) >= 11 is 0. The minimum atomic E-state index is 0.666. The van der Waals surface area contributed by atoms with E-state index in [9.17, 15) is 0 Å². The molecule has 2 unspecified atom stereocenters. The number of hydrogen-bond acceptors (Lipinski definition) is 0. The highest BCUT2D eigenvalue weighted by Gasteiger charge is 2.60. The van der Waals surface area contributed by atoms with Crippen molar-refractivity contribution in [2.45, 2.75) is 138 Å². The van der Waals surface area contributed by atoms with Gasteiger partial charge >= 0.3 is 0 Å². The van der Waals surface area contributed by atoms with Crippen LogP contribution in [0.2, 0.25) is 0 Å². The van der Waals surface area contributed by atoms with Crippen LogP contribution in [0, 0.1) is 58.2 Å². The lowest BCUT2D eigenvalue weighted by Gasteiger charge is -2.61. The predicted molar refractivity (Wildman–Crippen MR) is 136 cm³/mol. The predicted octanol–water partition coefficient (Wildman–Crippen LogP) is 9.91. The van der Waals surface area contributed by atoms with Gasteiger partial charge in [-0.15, -0.1) is 0 Å². The first-order chi connectivity index (χ1) is 14.8. The molecular weight excluding hydrogens is 372 g/mol. The Morgan fingerprint density at radius 2 is 1.48 bits per heavy atom. The molecule has 9 atom stereocenters. The summed E-state index contributed by atoms with van der Waals surface area (Å²) < 4.78 is 0. The molecule has 4 saturated carbocycles. The van der Waals surface area contributed by atoms with Crippen LogP contribution in [0.4, 0.5) is 0 Å². The summed E-state index contributed by atoms with van der Waals surface area (Å²) in [6.07, 6.45) is 22.7. The molecule has 0 bridgehead atoms. The van der Waals surface area contributed by atoms with Crippen LogP contribution in [0.3, 0.4) is 0 Å².